The molecule has 5 heteroatoms. The van der Waals surface area contributed by atoms with Crippen molar-refractivity contribution < 1.29 is 4.39 Å². The average Bonchev–Trinajstić information content (AvgIpc) is 2.59. The first-order valence-electron chi connectivity index (χ1n) is 7.12. The lowest BCUT2D eigenvalue weighted by molar-refractivity contribution is 0.230. The maximum absolute atomic E-state index is 13.2. The molecule has 1 heterocycles. The van der Waals surface area contributed by atoms with Gasteiger partial charge < -0.3 is 10.2 Å². The molecule has 0 amide bonds. The van der Waals surface area contributed by atoms with E-state index in [1.165, 1.54) is 12.1 Å². The van der Waals surface area contributed by atoms with E-state index in [1.807, 2.05) is 0 Å². The maximum Gasteiger partial charge on any atom is 0.126 e. The molecule has 1 aromatic rings. The molecule has 0 bridgehead atoms. The van der Waals surface area contributed by atoms with E-state index in [2.05, 4.69) is 24.1 Å². The summed E-state index contributed by atoms with van der Waals surface area (Å²) in [4.78, 5) is 2.48. The SMILES string of the molecule is CC(C)N1CCCC(Nc2c(Cl)cc(F)cc2Cl)CC1. The van der Waals surface area contributed by atoms with Gasteiger partial charge in [0.05, 0.1) is 15.7 Å². The van der Waals surface area contributed by atoms with E-state index in [0.717, 1.165) is 32.4 Å². The molecule has 1 aromatic carbocycles. The maximum atomic E-state index is 13.2. The van der Waals surface area contributed by atoms with Gasteiger partial charge in [0.15, 0.2) is 0 Å². The molecule has 1 N–H and O–H groups in total. The van der Waals surface area contributed by atoms with Crippen molar-refractivity contribution in [1.82, 2.24) is 4.90 Å². The smallest absolute Gasteiger partial charge is 0.126 e. The zero-order chi connectivity index (χ0) is 14.7. The quantitative estimate of drug-likeness (QED) is 0.860. The van der Waals surface area contributed by atoms with E-state index in [4.69, 9.17) is 23.2 Å². The zero-order valence-corrected chi connectivity index (χ0v) is 13.4. The molecule has 0 saturated carbocycles. The first-order chi connectivity index (χ1) is 9.47. The number of halogens is 3. The molecule has 0 radical (unpaired) electrons. The molecule has 1 aliphatic rings. The number of benzene rings is 1. The molecule has 1 fully saturated rings. The van der Waals surface area contributed by atoms with Gasteiger partial charge in [-0.1, -0.05) is 23.2 Å². The topological polar surface area (TPSA) is 15.3 Å². The van der Waals surface area contributed by atoms with Crippen molar-refractivity contribution in [1.29, 1.82) is 0 Å². The summed E-state index contributed by atoms with van der Waals surface area (Å²) in [5.41, 5.74) is 0.651. The number of anilines is 1. The van der Waals surface area contributed by atoms with E-state index in [9.17, 15) is 4.39 Å². The second kappa shape index (κ2) is 6.97. The van der Waals surface area contributed by atoms with Crippen LogP contribution in [0, 0.1) is 5.82 Å². The third kappa shape index (κ3) is 4.00. The van der Waals surface area contributed by atoms with E-state index in [1.54, 1.807) is 0 Å². The van der Waals surface area contributed by atoms with Crippen molar-refractivity contribution >= 4 is 28.9 Å². The van der Waals surface area contributed by atoms with Crippen LogP contribution < -0.4 is 5.32 Å². The Kier molecular flexibility index (Phi) is 5.53. The minimum Gasteiger partial charge on any atom is -0.380 e. The molecule has 1 unspecified atom stereocenters. The van der Waals surface area contributed by atoms with E-state index in [0.29, 0.717) is 27.8 Å². The highest BCUT2D eigenvalue weighted by Gasteiger charge is 2.20. The van der Waals surface area contributed by atoms with Gasteiger partial charge in [-0.25, -0.2) is 4.39 Å². The van der Waals surface area contributed by atoms with Gasteiger partial charge in [0, 0.05) is 18.6 Å². The zero-order valence-electron chi connectivity index (χ0n) is 11.9. The second-order valence-corrected chi connectivity index (χ2v) is 6.46. The minimum absolute atomic E-state index is 0.333. The molecular weight excluding hydrogens is 298 g/mol. The van der Waals surface area contributed by atoms with Gasteiger partial charge >= 0.3 is 0 Å². The normalized spacial score (nSPS) is 21.0. The Hall–Kier alpha value is -0.510. The van der Waals surface area contributed by atoms with Crippen LogP contribution in [0.4, 0.5) is 10.1 Å². The molecule has 1 aliphatic heterocycles. The highest BCUT2D eigenvalue weighted by Crippen LogP contribution is 2.33. The Labute approximate surface area is 130 Å². The van der Waals surface area contributed by atoms with Gasteiger partial charge in [-0.05, 0) is 51.8 Å². The van der Waals surface area contributed by atoms with Crippen molar-refractivity contribution in [2.75, 3.05) is 18.4 Å². The molecule has 0 spiro atoms. The summed E-state index contributed by atoms with van der Waals surface area (Å²) in [5.74, 6) is -0.405. The predicted octanol–water partition coefficient (Wildman–Crippen LogP) is 4.81. The fourth-order valence-electron chi connectivity index (χ4n) is 2.66. The van der Waals surface area contributed by atoms with Gasteiger partial charge in [-0.15, -0.1) is 0 Å². The number of hydrogen-bond acceptors (Lipinski definition) is 2. The third-order valence-electron chi connectivity index (χ3n) is 3.85. The number of likely N-dealkylation sites (tertiary alicyclic amines) is 1. The summed E-state index contributed by atoms with van der Waals surface area (Å²) in [6, 6.07) is 3.51. The van der Waals surface area contributed by atoms with E-state index < -0.39 is 5.82 Å². The fraction of sp³-hybridized carbons (Fsp3) is 0.600. The highest BCUT2D eigenvalue weighted by molar-refractivity contribution is 6.39. The average molecular weight is 319 g/mol. The van der Waals surface area contributed by atoms with Crippen molar-refractivity contribution in [3.8, 4) is 0 Å². The molecule has 0 aromatic heterocycles. The summed E-state index contributed by atoms with van der Waals surface area (Å²) < 4.78 is 13.2. The van der Waals surface area contributed by atoms with Crippen molar-refractivity contribution in [3.05, 3.63) is 28.0 Å². The van der Waals surface area contributed by atoms with E-state index >= 15 is 0 Å². The van der Waals surface area contributed by atoms with Crippen LogP contribution >= 0.6 is 23.2 Å². The van der Waals surface area contributed by atoms with Crippen LogP contribution in [0.15, 0.2) is 12.1 Å². The van der Waals surface area contributed by atoms with Crippen molar-refractivity contribution in [3.63, 3.8) is 0 Å². The fourth-order valence-corrected chi connectivity index (χ4v) is 3.23. The molecule has 2 nitrogen and oxygen atoms in total. The van der Waals surface area contributed by atoms with Crippen LogP contribution in [0.5, 0.6) is 0 Å². The van der Waals surface area contributed by atoms with Gasteiger partial charge in [-0.3, -0.25) is 0 Å². The van der Waals surface area contributed by atoms with Crippen LogP contribution in [-0.4, -0.2) is 30.1 Å². The van der Waals surface area contributed by atoms with Crippen LogP contribution in [0.1, 0.15) is 33.1 Å². The Morgan fingerprint density at radius 3 is 2.45 bits per heavy atom. The number of nitrogens with one attached hydrogen (secondary N) is 1. The van der Waals surface area contributed by atoms with Crippen LogP contribution in [-0.2, 0) is 0 Å². The standard InChI is InChI=1S/C15H21Cl2FN2/c1-10(2)20-6-3-4-12(5-7-20)19-15-13(16)8-11(18)9-14(15)17/h8-10,12,19H,3-7H2,1-2H3. The van der Waals surface area contributed by atoms with Crippen LogP contribution in [0.2, 0.25) is 10.0 Å². The molecule has 2 rings (SSSR count). The van der Waals surface area contributed by atoms with Crippen LogP contribution in [0.25, 0.3) is 0 Å². The lowest BCUT2D eigenvalue weighted by atomic mass is 10.1. The van der Waals surface area contributed by atoms with Crippen molar-refractivity contribution in [2.45, 2.75) is 45.2 Å². The van der Waals surface area contributed by atoms with Gasteiger partial charge in [-0.2, -0.15) is 0 Å². The van der Waals surface area contributed by atoms with Gasteiger partial charge in [0.2, 0.25) is 0 Å². The summed E-state index contributed by atoms with van der Waals surface area (Å²) in [6.07, 6.45) is 3.27. The van der Waals surface area contributed by atoms with Gasteiger partial charge in [0.25, 0.3) is 0 Å². The third-order valence-corrected chi connectivity index (χ3v) is 4.44. The van der Waals surface area contributed by atoms with Crippen LogP contribution in [0.3, 0.4) is 0 Å². The Bertz CT molecular complexity index is 442. The minimum atomic E-state index is -0.405. The number of rotatable bonds is 3. The largest absolute Gasteiger partial charge is 0.380 e. The lowest BCUT2D eigenvalue weighted by Gasteiger charge is -2.24. The van der Waals surface area contributed by atoms with E-state index in [-0.39, 0.29) is 0 Å². The molecular formula is C15H21Cl2FN2. The summed E-state index contributed by atoms with van der Waals surface area (Å²) in [6.45, 7) is 6.63. The van der Waals surface area contributed by atoms with Gasteiger partial charge in [0.1, 0.15) is 5.82 Å². The monoisotopic (exact) mass is 318 g/mol. The first-order valence-corrected chi connectivity index (χ1v) is 7.88. The Morgan fingerprint density at radius 1 is 1.20 bits per heavy atom. The number of hydrogen-bond donors (Lipinski definition) is 1. The molecule has 1 saturated heterocycles. The lowest BCUT2D eigenvalue weighted by Crippen LogP contribution is -2.32. The summed E-state index contributed by atoms with van der Waals surface area (Å²) >= 11 is 12.2. The molecule has 20 heavy (non-hydrogen) atoms. The Balaban J connectivity index is 2.04. The van der Waals surface area contributed by atoms with Crippen molar-refractivity contribution in [2.24, 2.45) is 0 Å². The predicted molar refractivity (Wildman–Crippen MR) is 84.4 cm³/mol. The summed E-state index contributed by atoms with van der Waals surface area (Å²) in [7, 11) is 0. The molecule has 0 aliphatic carbocycles. The molecule has 112 valence electrons. The Morgan fingerprint density at radius 2 is 1.85 bits per heavy atom. The highest BCUT2D eigenvalue weighted by atomic mass is 35.5. The first kappa shape index (κ1) is 15.9. The second-order valence-electron chi connectivity index (χ2n) is 5.65. The number of nitrogens with zero attached hydrogens (tertiary/aromatic N) is 1. The molecule has 1 atom stereocenters. The summed E-state index contributed by atoms with van der Waals surface area (Å²) in [5, 5.41) is 4.08.